The van der Waals surface area contributed by atoms with Gasteiger partial charge in [-0.1, -0.05) is 58.9 Å². The van der Waals surface area contributed by atoms with Crippen molar-refractivity contribution >= 4 is 29.8 Å². The molecule has 50 heavy (non-hydrogen) atoms. The predicted molar refractivity (Wildman–Crippen MR) is 193 cm³/mol. The van der Waals surface area contributed by atoms with Gasteiger partial charge in [0.05, 0.1) is 7.11 Å². The molecular formula is C37H51N9O4. The Morgan fingerprint density at radius 1 is 0.700 bits per heavy atom. The summed E-state index contributed by atoms with van der Waals surface area (Å²) in [5.41, 5.74) is 3.76. The number of benzene rings is 1. The number of amides is 3. The molecule has 3 aromatic rings. The summed E-state index contributed by atoms with van der Waals surface area (Å²) in [4.78, 5) is 60.0. The minimum Gasteiger partial charge on any atom is -0.453 e. The number of methoxy groups -OCH3 is 1. The summed E-state index contributed by atoms with van der Waals surface area (Å²) in [5, 5.41) is 9.29. The Bertz CT molecular complexity index is 1580. The van der Waals surface area contributed by atoms with Crippen molar-refractivity contribution in [3.8, 4) is 22.3 Å². The standard InChI is InChI=1S/C37H51N9O4/c1-23(2)25(5)33(47)45-15-7-9-30(45)21-42-35-38-17-28(18-39-35)26-11-13-27(14-12-26)29-19-40-36(41-20-29)43-22-31-10-8-16-46(31)34(48)32(24(3)4)44-37(49)50-6/h11-14,17-20,23-25,30-32H,7-10,15-16,21-22H2,1-6H3,(H,44,49)(H,38,39,42)(H,40,41,43)/t25-,30-,31-,32-/m0/s1. The van der Waals surface area contributed by atoms with Crippen molar-refractivity contribution in [3.63, 3.8) is 0 Å². The minimum absolute atomic E-state index is 0.0167. The number of alkyl carbamates (subject to hydrolysis) is 1. The maximum absolute atomic E-state index is 13.3. The molecule has 2 aliphatic heterocycles. The highest BCUT2D eigenvalue weighted by molar-refractivity contribution is 5.86. The molecule has 2 saturated heterocycles. The van der Waals surface area contributed by atoms with Crippen LogP contribution in [0.15, 0.2) is 49.1 Å². The molecule has 4 heterocycles. The molecule has 13 nitrogen and oxygen atoms in total. The number of aromatic nitrogens is 4. The highest BCUT2D eigenvalue weighted by Gasteiger charge is 2.36. The van der Waals surface area contributed by atoms with Gasteiger partial charge in [0.2, 0.25) is 23.7 Å². The van der Waals surface area contributed by atoms with E-state index in [0.29, 0.717) is 37.4 Å². The predicted octanol–water partition coefficient (Wildman–Crippen LogP) is 5.08. The monoisotopic (exact) mass is 685 g/mol. The molecule has 5 rings (SSSR count). The van der Waals surface area contributed by atoms with Crippen LogP contribution in [0, 0.1) is 17.8 Å². The van der Waals surface area contributed by atoms with Gasteiger partial charge in [0.25, 0.3) is 0 Å². The second kappa shape index (κ2) is 16.7. The Hall–Kier alpha value is -4.81. The van der Waals surface area contributed by atoms with Gasteiger partial charge in [-0.25, -0.2) is 24.7 Å². The van der Waals surface area contributed by atoms with Gasteiger partial charge in [-0.2, -0.15) is 0 Å². The van der Waals surface area contributed by atoms with Crippen molar-refractivity contribution in [2.45, 2.75) is 78.4 Å². The van der Waals surface area contributed by atoms with Crippen LogP contribution in [-0.2, 0) is 14.3 Å². The fourth-order valence-corrected chi connectivity index (χ4v) is 6.51. The third-order valence-electron chi connectivity index (χ3n) is 9.95. The summed E-state index contributed by atoms with van der Waals surface area (Å²) in [6, 6.07) is 7.57. The fraction of sp³-hybridized carbons (Fsp3) is 0.541. The minimum atomic E-state index is -0.649. The van der Waals surface area contributed by atoms with Crippen LogP contribution in [0.2, 0.25) is 0 Å². The molecular weight excluding hydrogens is 634 g/mol. The van der Waals surface area contributed by atoms with E-state index in [1.54, 1.807) is 12.4 Å². The molecule has 268 valence electrons. The molecule has 2 fully saturated rings. The van der Waals surface area contributed by atoms with Gasteiger partial charge >= 0.3 is 6.09 Å². The zero-order valence-corrected chi connectivity index (χ0v) is 30.1. The van der Waals surface area contributed by atoms with E-state index in [-0.39, 0.29) is 35.7 Å². The quantitative estimate of drug-likeness (QED) is 0.222. The van der Waals surface area contributed by atoms with Crippen molar-refractivity contribution in [2.24, 2.45) is 17.8 Å². The first-order chi connectivity index (χ1) is 24.0. The number of rotatable bonds is 13. The van der Waals surface area contributed by atoms with E-state index in [9.17, 15) is 14.4 Å². The SMILES string of the molecule is COC(=O)N[C@H](C(=O)N1CCC[C@H]1CNc1ncc(-c2ccc(-c3cnc(NC[C@@H]4CCCN4C(=O)[C@@H](C)C(C)C)nc3)cc2)cn1)C(C)C. The van der Waals surface area contributed by atoms with Gasteiger partial charge in [0, 0.05) is 80.1 Å². The molecule has 0 bridgehead atoms. The molecule has 0 unspecified atom stereocenters. The van der Waals surface area contributed by atoms with E-state index in [2.05, 4.69) is 49.7 Å². The van der Waals surface area contributed by atoms with Gasteiger partial charge in [0.1, 0.15) is 6.04 Å². The Labute approximate surface area is 295 Å². The molecule has 1 aromatic carbocycles. The molecule has 0 saturated carbocycles. The summed E-state index contributed by atoms with van der Waals surface area (Å²) < 4.78 is 4.72. The van der Waals surface area contributed by atoms with Crippen LogP contribution in [0.5, 0.6) is 0 Å². The van der Waals surface area contributed by atoms with Crippen molar-refractivity contribution in [1.29, 1.82) is 0 Å². The van der Waals surface area contributed by atoms with Crippen LogP contribution in [0.1, 0.15) is 60.3 Å². The zero-order chi connectivity index (χ0) is 35.8. The number of carbonyl (C=O) groups is 3. The normalized spacial score (nSPS) is 18.6. The van der Waals surface area contributed by atoms with Crippen LogP contribution in [0.4, 0.5) is 16.7 Å². The number of hydrogen-bond acceptors (Lipinski definition) is 10. The van der Waals surface area contributed by atoms with Crippen LogP contribution >= 0.6 is 0 Å². The molecule has 3 amide bonds. The summed E-state index contributed by atoms with van der Waals surface area (Å²) in [6.07, 6.45) is 10.3. The van der Waals surface area contributed by atoms with Gasteiger partial charge < -0.3 is 30.5 Å². The Balaban J connectivity index is 1.12. The number of carbonyl (C=O) groups excluding carboxylic acids is 3. The topological polar surface area (TPSA) is 155 Å². The lowest BCUT2D eigenvalue weighted by molar-refractivity contribution is -0.137. The van der Waals surface area contributed by atoms with Crippen molar-refractivity contribution < 1.29 is 19.1 Å². The lowest BCUT2D eigenvalue weighted by Crippen LogP contribution is -2.53. The van der Waals surface area contributed by atoms with Gasteiger partial charge in [-0.3, -0.25) is 9.59 Å². The Morgan fingerprint density at radius 2 is 1.14 bits per heavy atom. The molecule has 2 aromatic heterocycles. The maximum Gasteiger partial charge on any atom is 0.407 e. The summed E-state index contributed by atoms with van der Waals surface area (Å²) in [7, 11) is 1.29. The van der Waals surface area contributed by atoms with E-state index in [0.717, 1.165) is 54.5 Å². The van der Waals surface area contributed by atoms with Crippen LogP contribution < -0.4 is 16.0 Å². The second-order valence-corrected chi connectivity index (χ2v) is 14.0. The average Bonchev–Trinajstić information content (AvgIpc) is 3.81. The van der Waals surface area contributed by atoms with Gasteiger partial charge in [-0.05, 0) is 48.6 Å². The number of likely N-dealkylation sites (tertiary alicyclic amines) is 2. The highest BCUT2D eigenvalue weighted by Crippen LogP contribution is 2.26. The average molecular weight is 686 g/mol. The first-order valence-corrected chi connectivity index (χ1v) is 17.7. The number of nitrogens with one attached hydrogen (secondary N) is 3. The van der Waals surface area contributed by atoms with Crippen LogP contribution in [0.3, 0.4) is 0 Å². The molecule has 2 aliphatic rings. The first-order valence-electron chi connectivity index (χ1n) is 17.7. The number of nitrogens with zero attached hydrogens (tertiary/aromatic N) is 6. The van der Waals surface area contributed by atoms with E-state index in [1.165, 1.54) is 7.11 Å². The van der Waals surface area contributed by atoms with Crippen molar-refractivity contribution in [2.75, 3.05) is 43.9 Å². The van der Waals surface area contributed by atoms with Crippen LogP contribution in [-0.4, -0.2) is 99.1 Å². The maximum atomic E-state index is 13.3. The number of hydrogen-bond donors (Lipinski definition) is 3. The zero-order valence-electron chi connectivity index (χ0n) is 30.1. The number of anilines is 2. The third-order valence-corrected chi connectivity index (χ3v) is 9.95. The molecule has 0 aliphatic carbocycles. The molecule has 4 atom stereocenters. The summed E-state index contributed by atoms with van der Waals surface area (Å²) >= 11 is 0. The van der Waals surface area contributed by atoms with Crippen LogP contribution in [0.25, 0.3) is 22.3 Å². The Morgan fingerprint density at radius 3 is 1.54 bits per heavy atom. The lowest BCUT2D eigenvalue weighted by Gasteiger charge is -2.30. The molecule has 0 spiro atoms. The van der Waals surface area contributed by atoms with Gasteiger partial charge in [0.15, 0.2) is 0 Å². The largest absolute Gasteiger partial charge is 0.453 e. The summed E-state index contributed by atoms with van der Waals surface area (Å²) in [6.45, 7) is 12.6. The van der Waals surface area contributed by atoms with E-state index < -0.39 is 12.1 Å². The Kier molecular flexibility index (Phi) is 12.2. The summed E-state index contributed by atoms with van der Waals surface area (Å²) in [5.74, 6) is 1.43. The van der Waals surface area contributed by atoms with E-state index in [4.69, 9.17) is 4.74 Å². The van der Waals surface area contributed by atoms with Crippen molar-refractivity contribution in [3.05, 3.63) is 49.1 Å². The van der Waals surface area contributed by atoms with Crippen molar-refractivity contribution in [1.82, 2.24) is 35.1 Å². The lowest BCUT2D eigenvalue weighted by atomic mass is 9.96. The highest BCUT2D eigenvalue weighted by atomic mass is 16.5. The molecule has 13 heteroatoms. The second-order valence-electron chi connectivity index (χ2n) is 14.0. The molecule has 3 N–H and O–H groups in total. The van der Waals surface area contributed by atoms with E-state index >= 15 is 0 Å². The van der Waals surface area contributed by atoms with E-state index in [1.807, 2.05) is 67.2 Å². The molecule has 0 radical (unpaired) electrons. The van der Waals surface area contributed by atoms with Gasteiger partial charge in [-0.15, -0.1) is 0 Å². The third kappa shape index (κ3) is 8.85. The smallest absolute Gasteiger partial charge is 0.407 e. The first kappa shape index (κ1) is 36.5. The number of ether oxygens (including phenoxy) is 1. The fourth-order valence-electron chi connectivity index (χ4n) is 6.51.